The highest BCUT2D eigenvalue weighted by atomic mass is 16.3. The molecule has 0 bridgehead atoms. The van der Waals surface area contributed by atoms with Crippen LogP contribution in [-0.4, -0.2) is 4.98 Å². The molecule has 0 saturated carbocycles. The summed E-state index contributed by atoms with van der Waals surface area (Å²) >= 11 is 0. The van der Waals surface area contributed by atoms with Gasteiger partial charge < -0.3 is 14.3 Å². The van der Waals surface area contributed by atoms with Crippen LogP contribution in [0.15, 0.2) is 192 Å². The summed E-state index contributed by atoms with van der Waals surface area (Å²) in [5.74, 6) is 0. The minimum Gasteiger partial charge on any atom is -0.454 e. The van der Waals surface area contributed by atoms with Crippen LogP contribution in [0.5, 0.6) is 0 Å². The van der Waals surface area contributed by atoms with Gasteiger partial charge in [0.25, 0.3) is 0 Å². The smallest absolute Gasteiger partial charge is 0.159 e. The van der Waals surface area contributed by atoms with Gasteiger partial charge in [0.1, 0.15) is 5.58 Å². The molecule has 0 radical (unpaired) electrons. The summed E-state index contributed by atoms with van der Waals surface area (Å²) < 4.78 is 6.78. The lowest BCUT2D eigenvalue weighted by Crippen LogP contribution is -2.14. The van der Waals surface area contributed by atoms with Crippen LogP contribution in [0.4, 0.5) is 17.1 Å². The van der Waals surface area contributed by atoms with E-state index in [1.165, 1.54) is 71.6 Å². The molecule has 0 aliphatic heterocycles. The first kappa shape index (κ1) is 32.8. The van der Waals surface area contributed by atoms with Crippen molar-refractivity contribution in [2.45, 2.75) is 19.3 Å². The summed E-state index contributed by atoms with van der Waals surface area (Å²) in [6.45, 7) is 4.68. The Morgan fingerprint density at radius 2 is 1.07 bits per heavy atom. The monoisotopic (exact) mass is 742 g/mol. The standard InChI is InChI=1S/C55H38N2O/c1-55(2)48-17-9-8-15-42(48)44-32-46-45-29-39(23-28-50(45)56-51(46)33-49(44)55)36-21-26-41(27-22-36)57(40-24-19-35(20-25-40)34-11-4-3-5-12-34)52-18-10-16-43-47-30-37-13-6-7-14-38(37)31-53(47)58-54(43)52/h3-33,56H,1-2H3. The number of hydrogen-bond donors (Lipinski definition) is 1. The molecular formula is C55H38N2O. The van der Waals surface area contributed by atoms with Gasteiger partial charge in [-0.15, -0.1) is 0 Å². The van der Waals surface area contributed by atoms with Crippen LogP contribution in [0.25, 0.3) is 87.9 Å². The predicted molar refractivity (Wildman–Crippen MR) is 244 cm³/mol. The van der Waals surface area contributed by atoms with Crippen LogP contribution >= 0.6 is 0 Å². The highest BCUT2D eigenvalue weighted by molar-refractivity contribution is 6.14. The van der Waals surface area contributed by atoms with E-state index in [0.717, 1.165) is 44.5 Å². The zero-order chi connectivity index (χ0) is 38.5. The van der Waals surface area contributed by atoms with Gasteiger partial charge in [0.05, 0.1) is 5.69 Å². The molecule has 2 heterocycles. The number of benzene rings is 9. The molecule has 0 saturated heterocycles. The van der Waals surface area contributed by atoms with Crippen molar-refractivity contribution in [1.82, 2.24) is 4.98 Å². The van der Waals surface area contributed by atoms with Crippen LogP contribution in [0.2, 0.25) is 0 Å². The average molecular weight is 743 g/mol. The highest BCUT2D eigenvalue weighted by Gasteiger charge is 2.35. The van der Waals surface area contributed by atoms with E-state index in [2.05, 4.69) is 212 Å². The number of para-hydroxylation sites is 1. The number of H-pyrrole nitrogens is 1. The molecule has 1 aliphatic rings. The molecule has 2 aromatic heterocycles. The Morgan fingerprint density at radius 1 is 0.431 bits per heavy atom. The minimum atomic E-state index is -0.0350. The van der Waals surface area contributed by atoms with Gasteiger partial charge in [0.15, 0.2) is 5.58 Å². The number of furan rings is 1. The largest absolute Gasteiger partial charge is 0.454 e. The van der Waals surface area contributed by atoms with Gasteiger partial charge in [-0.1, -0.05) is 135 Å². The van der Waals surface area contributed by atoms with Gasteiger partial charge >= 0.3 is 0 Å². The molecule has 1 aliphatic carbocycles. The minimum absolute atomic E-state index is 0.0350. The van der Waals surface area contributed by atoms with Crippen LogP contribution < -0.4 is 4.90 Å². The molecule has 0 spiro atoms. The van der Waals surface area contributed by atoms with Crippen molar-refractivity contribution in [3.8, 4) is 33.4 Å². The molecule has 0 unspecified atom stereocenters. The number of fused-ring (bicyclic) bond motifs is 10. The van der Waals surface area contributed by atoms with Crippen LogP contribution in [0.3, 0.4) is 0 Å². The van der Waals surface area contributed by atoms with Gasteiger partial charge in [-0.25, -0.2) is 0 Å². The first-order valence-electron chi connectivity index (χ1n) is 20.1. The molecule has 1 N–H and O–H groups in total. The summed E-state index contributed by atoms with van der Waals surface area (Å²) in [7, 11) is 0. The summed E-state index contributed by atoms with van der Waals surface area (Å²) in [5.41, 5.74) is 17.4. The summed E-state index contributed by atoms with van der Waals surface area (Å²) in [6, 6.07) is 68.2. The van der Waals surface area contributed by atoms with Gasteiger partial charge in [-0.2, -0.15) is 0 Å². The Kier molecular flexibility index (Phi) is 6.98. The Morgan fingerprint density at radius 3 is 1.84 bits per heavy atom. The maximum absolute atomic E-state index is 6.78. The van der Waals surface area contributed by atoms with E-state index in [0.29, 0.717) is 0 Å². The van der Waals surface area contributed by atoms with E-state index in [1.54, 1.807) is 0 Å². The normalized spacial score (nSPS) is 13.1. The molecule has 9 aromatic carbocycles. The van der Waals surface area contributed by atoms with E-state index in [4.69, 9.17) is 4.42 Å². The third-order valence-corrected chi connectivity index (χ3v) is 12.6. The average Bonchev–Trinajstić information content (AvgIpc) is 3.90. The van der Waals surface area contributed by atoms with Crippen molar-refractivity contribution in [2.75, 3.05) is 4.90 Å². The molecule has 11 aromatic rings. The zero-order valence-electron chi connectivity index (χ0n) is 32.3. The number of nitrogens with one attached hydrogen (secondary N) is 1. The fourth-order valence-corrected chi connectivity index (χ4v) is 9.58. The van der Waals surface area contributed by atoms with E-state index < -0.39 is 0 Å². The van der Waals surface area contributed by atoms with Gasteiger partial charge in [-0.05, 0) is 122 Å². The second-order valence-electron chi connectivity index (χ2n) is 16.2. The molecule has 0 amide bonds. The van der Waals surface area contributed by atoms with Crippen LogP contribution in [0.1, 0.15) is 25.0 Å². The second kappa shape index (κ2) is 12.3. The van der Waals surface area contributed by atoms with Crippen molar-refractivity contribution in [3.63, 3.8) is 0 Å². The quantitative estimate of drug-likeness (QED) is 0.190. The maximum atomic E-state index is 6.78. The van der Waals surface area contributed by atoms with Gasteiger partial charge in [-0.3, -0.25) is 0 Å². The summed E-state index contributed by atoms with van der Waals surface area (Å²) in [6.07, 6.45) is 0. The third-order valence-electron chi connectivity index (χ3n) is 12.6. The molecule has 3 nitrogen and oxygen atoms in total. The lowest BCUT2D eigenvalue weighted by Gasteiger charge is -2.26. The lowest BCUT2D eigenvalue weighted by atomic mass is 9.82. The molecule has 58 heavy (non-hydrogen) atoms. The fourth-order valence-electron chi connectivity index (χ4n) is 9.58. The van der Waals surface area contributed by atoms with Crippen molar-refractivity contribution in [1.29, 1.82) is 0 Å². The Bertz CT molecular complexity index is 3400. The molecule has 0 fully saturated rings. The Balaban J connectivity index is 0.976. The van der Waals surface area contributed by atoms with E-state index in [-0.39, 0.29) is 5.41 Å². The second-order valence-corrected chi connectivity index (χ2v) is 16.2. The molecule has 274 valence electrons. The summed E-state index contributed by atoms with van der Waals surface area (Å²) in [4.78, 5) is 6.07. The molecule has 3 heteroatoms. The number of hydrogen-bond acceptors (Lipinski definition) is 2. The summed E-state index contributed by atoms with van der Waals surface area (Å²) in [5, 5.41) is 7.10. The Hall–Kier alpha value is -7.36. The maximum Gasteiger partial charge on any atom is 0.159 e. The number of aromatic amines is 1. The van der Waals surface area contributed by atoms with Crippen molar-refractivity contribution in [3.05, 3.63) is 199 Å². The topological polar surface area (TPSA) is 32.2 Å². The SMILES string of the molecule is CC1(C)c2ccccc2-c2cc3c(cc21)[nH]c1ccc(-c2ccc(N(c4ccc(-c5ccccc5)cc4)c4cccc5c4oc4cc6ccccc6cc45)cc2)cc13. The van der Waals surface area contributed by atoms with E-state index in [9.17, 15) is 0 Å². The first-order valence-corrected chi connectivity index (χ1v) is 20.1. The number of aromatic nitrogens is 1. The molecule has 12 rings (SSSR count). The lowest BCUT2D eigenvalue weighted by molar-refractivity contribution is 0.661. The van der Waals surface area contributed by atoms with Crippen LogP contribution in [-0.2, 0) is 5.41 Å². The van der Waals surface area contributed by atoms with Crippen molar-refractivity contribution < 1.29 is 4.42 Å². The van der Waals surface area contributed by atoms with Gasteiger partial charge in [0, 0.05) is 49.4 Å². The first-order chi connectivity index (χ1) is 28.5. The number of anilines is 3. The van der Waals surface area contributed by atoms with Crippen molar-refractivity contribution >= 4 is 71.6 Å². The predicted octanol–water partition coefficient (Wildman–Crippen LogP) is 15.5. The number of nitrogens with zero attached hydrogens (tertiary/aromatic N) is 1. The van der Waals surface area contributed by atoms with E-state index in [1.807, 2.05) is 0 Å². The fraction of sp³-hybridized carbons (Fsp3) is 0.0545. The van der Waals surface area contributed by atoms with E-state index >= 15 is 0 Å². The van der Waals surface area contributed by atoms with Crippen LogP contribution in [0, 0.1) is 0 Å². The number of rotatable bonds is 5. The van der Waals surface area contributed by atoms with Crippen molar-refractivity contribution in [2.24, 2.45) is 0 Å². The van der Waals surface area contributed by atoms with Gasteiger partial charge in [0.2, 0.25) is 0 Å². The Labute approximate surface area is 336 Å². The molecule has 0 atom stereocenters. The third kappa shape index (κ3) is 4.93. The zero-order valence-corrected chi connectivity index (χ0v) is 32.3. The highest BCUT2D eigenvalue weighted by Crippen LogP contribution is 2.50. The molecular weight excluding hydrogens is 705 g/mol.